The number of nitrogens with one attached hydrogen (secondary N) is 1. The Labute approximate surface area is 120 Å². The molecule has 20 heavy (non-hydrogen) atoms. The predicted octanol–water partition coefficient (Wildman–Crippen LogP) is 2.11. The third kappa shape index (κ3) is 4.06. The number of hydrogen-bond donors (Lipinski definition) is 1. The van der Waals surface area contributed by atoms with Crippen molar-refractivity contribution in [2.24, 2.45) is 5.92 Å². The molecule has 1 N–H and O–H groups in total. The maximum Gasteiger partial charge on any atom is 0.179 e. The second-order valence-electron chi connectivity index (χ2n) is 5.29. The summed E-state index contributed by atoms with van der Waals surface area (Å²) in [4.78, 5) is 0.289. The van der Waals surface area contributed by atoms with E-state index in [1.54, 1.807) is 0 Å². The predicted molar refractivity (Wildman–Crippen MR) is 78.0 cm³/mol. The van der Waals surface area contributed by atoms with Crippen LogP contribution in [0.4, 0.5) is 0 Å². The van der Waals surface area contributed by atoms with Gasteiger partial charge in [0.05, 0.1) is 22.3 Å². The largest absolute Gasteiger partial charge is 0.316 e. The fourth-order valence-corrected chi connectivity index (χ4v) is 3.47. The molecule has 0 atom stereocenters. The molecule has 0 aromatic heterocycles. The van der Waals surface area contributed by atoms with Crippen LogP contribution in [-0.2, 0) is 9.84 Å². The fourth-order valence-electron chi connectivity index (χ4n) is 2.27. The van der Waals surface area contributed by atoms with E-state index >= 15 is 0 Å². The van der Waals surface area contributed by atoms with Crippen LogP contribution in [0.25, 0.3) is 0 Å². The lowest BCUT2D eigenvalue weighted by molar-refractivity contribution is 0.293. The molecule has 4 nitrogen and oxygen atoms in total. The van der Waals surface area contributed by atoms with Crippen LogP contribution in [0.5, 0.6) is 0 Å². The van der Waals surface area contributed by atoms with Crippen LogP contribution in [0.1, 0.15) is 31.2 Å². The van der Waals surface area contributed by atoms with E-state index in [2.05, 4.69) is 5.32 Å². The molecule has 108 valence electrons. The Morgan fingerprint density at radius 1 is 1.20 bits per heavy atom. The minimum Gasteiger partial charge on any atom is -0.316 e. The fraction of sp³-hybridized carbons (Fsp3) is 0.533. The first-order valence-corrected chi connectivity index (χ1v) is 8.71. The molecule has 2 rings (SSSR count). The highest BCUT2D eigenvalue weighted by molar-refractivity contribution is 7.91. The number of nitrogens with zero attached hydrogens (tertiary/aromatic N) is 1. The quantitative estimate of drug-likeness (QED) is 0.781. The van der Waals surface area contributed by atoms with Gasteiger partial charge < -0.3 is 5.32 Å². The van der Waals surface area contributed by atoms with Gasteiger partial charge in [0.25, 0.3) is 0 Å². The van der Waals surface area contributed by atoms with Crippen LogP contribution in [0.2, 0.25) is 0 Å². The van der Waals surface area contributed by atoms with Crippen molar-refractivity contribution in [3.05, 3.63) is 29.8 Å². The second-order valence-corrected chi connectivity index (χ2v) is 7.40. The summed E-state index contributed by atoms with van der Waals surface area (Å²) >= 11 is 0. The molecule has 0 saturated heterocycles. The van der Waals surface area contributed by atoms with Gasteiger partial charge in [-0.25, -0.2) is 8.42 Å². The third-order valence-electron chi connectivity index (χ3n) is 3.84. The molecule has 0 spiro atoms. The van der Waals surface area contributed by atoms with Crippen LogP contribution in [-0.4, -0.2) is 27.3 Å². The lowest BCUT2D eigenvalue weighted by Crippen LogP contribution is -2.26. The molecule has 0 aliphatic heterocycles. The summed E-state index contributed by atoms with van der Waals surface area (Å²) in [6, 6.07) is 8.06. The van der Waals surface area contributed by atoms with E-state index in [0.717, 1.165) is 18.9 Å². The average Bonchev–Trinajstić information content (AvgIpc) is 2.40. The molecule has 1 aromatic rings. The van der Waals surface area contributed by atoms with E-state index in [4.69, 9.17) is 5.26 Å². The Hall–Kier alpha value is -1.38. The zero-order valence-electron chi connectivity index (χ0n) is 11.5. The van der Waals surface area contributed by atoms with Gasteiger partial charge in [0.15, 0.2) is 9.84 Å². The van der Waals surface area contributed by atoms with E-state index < -0.39 is 9.84 Å². The minimum atomic E-state index is -3.25. The number of nitriles is 1. The third-order valence-corrected chi connectivity index (χ3v) is 5.58. The molecule has 1 aromatic carbocycles. The van der Waals surface area contributed by atoms with Crippen LogP contribution in [0.15, 0.2) is 29.2 Å². The maximum atomic E-state index is 12.1. The van der Waals surface area contributed by atoms with E-state index in [1.165, 1.54) is 43.5 Å². The lowest BCUT2D eigenvalue weighted by atomic mass is 9.83. The Balaban J connectivity index is 1.76. The van der Waals surface area contributed by atoms with E-state index in [-0.39, 0.29) is 10.6 Å². The maximum absolute atomic E-state index is 12.1. The van der Waals surface area contributed by atoms with Crippen LogP contribution < -0.4 is 5.32 Å². The van der Waals surface area contributed by atoms with Crippen molar-refractivity contribution in [2.75, 3.05) is 18.8 Å². The standard InChI is InChI=1S/C15H20N2O2S/c16-12-14-4-6-15(7-5-14)20(18,19)11-10-17-9-8-13-2-1-3-13/h4-7,13,17H,1-3,8-11H2. The molecular weight excluding hydrogens is 272 g/mol. The van der Waals surface area contributed by atoms with Crippen molar-refractivity contribution in [1.82, 2.24) is 5.32 Å². The normalized spacial score (nSPS) is 15.6. The van der Waals surface area contributed by atoms with Crippen LogP contribution >= 0.6 is 0 Å². The van der Waals surface area contributed by atoms with Crippen molar-refractivity contribution >= 4 is 9.84 Å². The molecule has 0 amide bonds. The minimum absolute atomic E-state index is 0.101. The van der Waals surface area contributed by atoms with Gasteiger partial charge in [0.2, 0.25) is 0 Å². The van der Waals surface area contributed by atoms with Crippen LogP contribution in [0.3, 0.4) is 0 Å². The van der Waals surface area contributed by atoms with Gasteiger partial charge in [-0.05, 0) is 43.1 Å². The van der Waals surface area contributed by atoms with E-state index in [0.29, 0.717) is 12.1 Å². The first kappa shape index (κ1) is 15.0. The molecule has 0 heterocycles. The molecule has 1 fully saturated rings. The van der Waals surface area contributed by atoms with E-state index in [9.17, 15) is 8.42 Å². The highest BCUT2D eigenvalue weighted by atomic mass is 32.2. The Morgan fingerprint density at radius 3 is 2.45 bits per heavy atom. The zero-order valence-corrected chi connectivity index (χ0v) is 12.3. The topological polar surface area (TPSA) is 70.0 Å². The Bertz CT molecular complexity index is 569. The van der Waals surface area contributed by atoms with Crippen molar-refractivity contribution < 1.29 is 8.42 Å². The first-order chi connectivity index (χ1) is 9.62. The molecule has 0 unspecified atom stereocenters. The monoisotopic (exact) mass is 292 g/mol. The zero-order chi connectivity index (χ0) is 14.4. The second kappa shape index (κ2) is 6.87. The average molecular weight is 292 g/mol. The lowest BCUT2D eigenvalue weighted by Gasteiger charge is -2.25. The number of benzene rings is 1. The van der Waals surface area contributed by atoms with Crippen molar-refractivity contribution in [1.29, 1.82) is 5.26 Å². The SMILES string of the molecule is N#Cc1ccc(S(=O)(=O)CCNCCC2CCC2)cc1. The number of hydrogen-bond acceptors (Lipinski definition) is 4. The van der Waals surface area contributed by atoms with Gasteiger partial charge in [-0.15, -0.1) is 0 Å². The molecule has 1 aliphatic rings. The van der Waals surface area contributed by atoms with Gasteiger partial charge in [-0.2, -0.15) is 5.26 Å². The van der Waals surface area contributed by atoms with Crippen molar-refractivity contribution in [3.8, 4) is 6.07 Å². The molecule has 1 saturated carbocycles. The first-order valence-electron chi connectivity index (χ1n) is 7.05. The van der Waals surface area contributed by atoms with Gasteiger partial charge in [0.1, 0.15) is 0 Å². The summed E-state index contributed by atoms with van der Waals surface area (Å²) in [6.07, 6.45) is 5.14. The molecular formula is C15H20N2O2S. The summed E-state index contributed by atoms with van der Waals surface area (Å²) in [5.74, 6) is 0.946. The summed E-state index contributed by atoms with van der Waals surface area (Å²) in [6.45, 7) is 1.38. The van der Waals surface area contributed by atoms with Gasteiger partial charge in [0, 0.05) is 6.54 Å². The summed E-state index contributed by atoms with van der Waals surface area (Å²) in [5, 5.41) is 11.9. The molecule has 0 bridgehead atoms. The number of sulfone groups is 1. The highest BCUT2D eigenvalue weighted by Gasteiger charge is 2.17. The van der Waals surface area contributed by atoms with E-state index in [1.807, 2.05) is 6.07 Å². The molecule has 5 heteroatoms. The summed E-state index contributed by atoms with van der Waals surface area (Å²) in [7, 11) is -3.25. The van der Waals surface area contributed by atoms with Crippen molar-refractivity contribution in [3.63, 3.8) is 0 Å². The molecule has 1 aliphatic carbocycles. The highest BCUT2D eigenvalue weighted by Crippen LogP contribution is 2.28. The summed E-state index contributed by atoms with van der Waals surface area (Å²) in [5.41, 5.74) is 0.475. The summed E-state index contributed by atoms with van der Waals surface area (Å²) < 4.78 is 24.1. The van der Waals surface area contributed by atoms with Gasteiger partial charge in [-0.1, -0.05) is 19.3 Å². The van der Waals surface area contributed by atoms with Gasteiger partial charge >= 0.3 is 0 Å². The van der Waals surface area contributed by atoms with Crippen molar-refractivity contribution in [2.45, 2.75) is 30.6 Å². The number of rotatable bonds is 7. The Morgan fingerprint density at radius 2 is 1.90 bits per heavy atom. The van der Waals surface area contributed by atoms with Gasteiger partial charge in [-0.3, -0.25) is 0 Å². The Kier molecular flexibility index (Phi) is 5.16. The van der Waals surface area contributed by atoms with Crippen LogP contribution in [0, 0.1) is 17.2 Å². The smallest absolute Gasteiger partial charge is 0.179 e. The molecule has 0 radical (unpaired) electrons.